The monoisotopic (exact) mass is 332 g/mol. The summed E-state index contributed by atoms with van der Waals surface area (Å²) in [6.07, 6.45) is 2.21. The van der Waals surface area contributed by atoms with Crippen molar-refractivity contribution < 1.29 is 18.3 Å². The van der Waals surface area contributed by atoms with Crippen LogP contribution in [0.2, 0.25) is 0 Å². The van der Waals surface area contributed by atoms with Gasteiger partial charge in [0, 0.05) is 25.0 Å². The molecule has 1 atom stereocenters. The number of carboxylic acid groups (broad SMARTS) is 1. The van der Waals surface area contributed by atoms with Crippen LogP contribution >= 0.6 is 11.3 Å². The van der Waals surface area contributed by atoms with Crippen LogP contribution in [0.5, 0.6) is 0 Å². The molecule has 0 amide bonds. The minimum absolute atomic E-state index is 0.212. The molecule has 1 aliphatic rings. The van der Waals surface area contributed by atoms with Gasteiger partial charge >= 0.3 is 5.97 Å². The van der Waals surface area contributed by atoms with Crippen molar-refractivity contribution in [3.63, 3.8) is 0 Å². The van der Waals surface area contributed by atoms with Crippen molar-refractivity contribution in [2.45, 2.75) is 32.2 Å². The molecule has 2 heterocycles. The summed E-state index contributed by atoms with van der Waals surface area (Å²) in [5.41, 5.74) is 0.603. The fraction of sp³-hybridized carbons (Fsp3) is 0.615. The van der Waals surface area contributed by atoms with E-state index in [4.69, 9.17) is 0 Å². The van der Waals surface area contributed by atoms with Gasteiger partial charge in [-0.3, -0.25) is 4.79 Å². The van der Waals surface area contributed by atoms with E-state index < -0.39 is 22.2 Å². The molecule has 0 aliphatic carbocycles. The first-order chi connectivity index (χ1) is 9.89. The maximum absolute atomic E-state index is 12.6. The largest absolute Gasteiger partial charge is 0.480 e. The first kappa shape index (κ1) is 16.4. The summed E-state index contributed by atoms with van der Waals surface area (Å²) >= 11 is 1.48. The van der Waals surface area contributed by atoms with E-state index in [1.807, 2.05) is 12.3 Å². The molecule has 1 N–H and O–H groups in total. The van der Waals surface area contributed by atoms with Crippen molar-refractivity contribution in [2.75, 3.05) is 20.1 Å². The lowest BCUT2D eigenvalue weighted by molar-refractivity contribution is -0.142. The summed E-state index contributed by atoms with van der Waals surface area (Å²) < 4.78 is 27.6. The number of carbonyl (C=O) groups is 1. The van der Waals surface area contributed by atoms with Crippen LogP contribution in [0, 0.1) is 0 Å². The highest BCUT2D eigenvalue weighted by molar-refractivity contribution is 7.86. The molecule has 6 nitrogen and oxygen atoms in total. The first-order valence-corrected chi connectivity index (χ1v) is 9.19. The van der Waals surface area contributed by atoms with Crippen LogP contribution in [0.3, 0.4) is 0 Å². The Morgan fingerprint density at radius 3 is 2.90 bits per heavy atom. The molecule has 118 valence electrons. The molecule has 0 saturated heterocycles. The maximum atomic E-state index is 12.6. The second-order valence-corrected chi connectivity index (χ2v) is 8.07. The van der Waals surface area contributed by atoms with Crippen LogP contribution < -0.4 is 0 Å². The molecule has 21 heavy (non-hydrogen) atoms. The highest BCUT2D eigenvalue weighted by Crippen LogP contribution is 2.35. The number of rotatable bonds is 6. The number of hydrogen-bond donors (Lipinski definition) is 1. The van der Waals surface area contributed by atoms with Crippen LogP contribution in [0.25, 0.3) is 0 Å². The predicted octanol–water partition coefficient (Wildman–Crippen LogP) is 1.71. The number of fused-ring (bicyclic) bond motifs is 1. The number of unbranched alkanes of at least 4 members (excludes halogenated alkanes) is 1. The van der Waals surface area contributed by atoms with E-state index in [0.717, 1.165) is 22.0 Å². The minimum Gasteiger partial charge on any atom is -0.480 e. The van der Waals surface area contributed by atoms with E-state index in [0.29, 0.717) is 18.5 Å². The summed E-state index contributed by atoms with van der Waals surface area (Å²) in [6.45, 7) is 2.60. The second kappa shape index (κ2) is 6.43. The fourth-order valence-electron chi connectivity index (χ4n) is 2.47. The van der Waals surface area contributed by atoms with Gasteiger partial charge in [0.15, 0.2) is 0 Å². The Kier molecular flexibility index (Phi) is 5.03. The van der Waals surface area contributed by atoms with Crippen LogP contribution in [0.15, 0.2) is 11.4 Å². The summed E-state index contributed by atoms with van der Waals surface area (Å²) in [5, 5.41) is 11.3. The molecule has 1 unspecified atom stereocenters. The van der Waals surface area contributed by atoms with E-state index in [-0.39, 0.29) is 6.54 Å². The zero-order chi connectivity index (χ0) is 15.6. The van der Waals surface area contributed by atoms with Crippen molar-refractivity contribution in [1.29, 1.82) is 0 Å². The summed E-state index contributed by atoms with van der Waals surface area (Å²) in [6, 6.07) is 0.598. The quantitative estimate of drug-likeness (QED) is 0.860. The van der Waals surface area contributed by atoms with Gasteiger partial charge in [-0.05, 0) is 29.9 Å². The Morgan fingerprint density at radius 2 is 2.29 bits per heavy atom. The Morgan fingerprint density at radius 1 is 1.57 bits per heavy atom. The minimum atomic E-state index is -3.76. The van der Waals surface area contributed by atoms with Gasteiger partial charge in [-0.2, -0.15) is 17.0 Å². The molecule has 1 aliphatic heterocycles. The normalized spacial score (nSPS) is 19.7. The van der Waals surface area contributed by atoms with Gasteiger partial charge in [-0.15, -0.1) is 11.3 Å². The fourth-order valence-corrected chi connectivity index (χ4v) is 4.89. The molecule has 2 rings (SSSR count). The number of thiophene rings is 1. The number of nitrogens with zero attached hydrogens (tertiary/aromatic N) is 2. The number of carboxylic acids is 1. The maximum Gasteiger partial charge on any atom is 0.326 e. The van der Waals surface area contributed by atoms with Crippen molar-refractivity contribution in [3.8, 4) is 0 Å². The van der Waals surface area contributed by atoms with Gasteiger partial charge in [0.1, 0.15) is 6.04 Å². The van der Waals surface area contributed by atoms with Crippen LogP contribution in [-0.4, -0.2) is 48.2 Å². The van der Waals surface area contributed by atoms with Gasteiger partial charge in [-0.25, -0.2) is 0 Å². The predicted molar refractivity (Wildman–Crippen MR) is 81.6 cm³/mol. The van der Waals surface area contributed by atoms with Crippen LogP contribution in [-0.2, 0) is 21.4 Å². The lowest BCUT2D eigenvalue weighted by Gasteiger charge is -2.34. The molecule has 0 fully saturated rings. The third-order valence-corrected chi connectivity index (χ3v) is 6.63. The van der Waals surface area contributed by atoms with Crippen molar-refractivity contribution in [3.05, 3.63) is 21.9 Å². The average molecular weight is 332 g/mol. The van der Waals surface area contributed by atoms with Crippen molar-refractivity contribution in [1.82, 2.24) is 8.61 Å². The molecule has 1 aromatic rings. The molecular formula is C13H20N2O4S2. The first-order valence-electron chi connectivity index (χ1n) is 6.91. The summed E-state index contributed by atoms with van der Waals surface area (Å²) in [4.78, 5) is 12.6. The topological polar surface area (TPSA) is 77.9 Å². The molecule has 1 aromatic heterocycles. The lowest BCUT2D eigenvalue weighted by atomic mass is 10.0. The molecule has 0 saturated carbocycles. The van der Waals surface area contributed by atoms with Gasteiger partial charge in [0.25, 0.3) is 10.2 Å². The van der Waals surface area contributed by atoms with Gasteiger partial charge in [0.2, 0.25) is 0 Å². The van der Waals surface area contributed by atoms with E-state index in [1.54, 1.807) is 6.07 Å². The Hall–Kier alpha value is -0.960. The SMILES string of the molecule is CCCCN(C)S(=O)(=O)N1CCc2sccc2C1C(=O)O. The lowest BCUT2D eigenvalue weighted by Crippen LogP contribution is -2.48. The third-order valence-electron chi connectivity index (χ3n) is 3.67. The standard InChI is InChI=1S/C13H20N2O4S2/c1-3-4-7-14(2)21(18,19)15-8-5-11-10(6-9-20-11)12(15)13(16)17/h6,9,12H,3-5,7-8H2,1-2H3,(H,16,17). The van der Waals surface area contributed by atoms with Gasteiger partial charge in [0.05, 0.1) is 0 Å². The van der Waals surface area contributed by atoms with Gasteiger partial charge in [-0.1, -0.05) is 13.3 Å². The molecule has 0 spiro atoms. The zero-order valence-corrected chi connectivity index (χ0v) is 13.8. The van der Waals surface area contributed by atoms with E-state index in [2.05, 4.69) is 0 Å². The smallest absolute Gasteiger partial charge is 0.326 e. The highest BCUT2D eigenvalue weighted by Gasteiger charge is 2.42. The Bertz CT molecular complexity index is 611. The second-order valence-electron chi connectivity index (χ2n) is 5.08. The summed E-state index contributed by atoms with van der Waals surface area (Å²) in [5.74, 6) is -1.12. The third kappa shape index (κ3) is 3.13. The van der Waals surface area contributed by atoms with Crippen LogP contribution in [0.4, 0.5) is 0 Å². The molecule has 0 bridgehead atoms. The molecular weight excluding hydrogens is 312 g/mol. The number of aliphatic carboxylic acids is 1. The van der Waals surface area contributed by atoms with Gasteiger partial charge < -0.3 is 5.11 Å². The Balaban J connectivity index is 2.32. The highest BCUT2D eigenvalue weighted by atomic mass is 32.2. The molecule has 0 radical (unpaired) electrons. The zero-order valence-electron chi connectivity index (χ0n) is 12.2. The van der Waals surface area contributed by atoms with E-state index in [9.17, 15) is 18.3 Å². The van der Waals surface area contributed by atoms with E-state index in [1.165, 1.54) is 22.7 Å². The summed E-state index contributed by atoms with van der Waals surface area (Å²) in [7, 11) is -2.25. The number of hydrogen-bond acceptors (Lipinski definition) is 4. The van der Waals surface area contributed by atoms with Crippen molar-refractivity contribution >= 4 is 27.5 Å². The molecule has 8 heteroatoms. The van der Waals surface area contributed by atoms with Crippen molar-refractivity contribution in [2.24, 2.45) is 0 Å². The molecule has 0 aromatic carbocycles. The van der Waals surface area contributed by atoms with E-state index >= 15 is 0 Å². The average Bonchev–Trinajstić information content (AvgIpc) is 2.91. The Labute approximate surface area is 129 Å². The van der Waals surface area contributed by atoms with Crippen LogP contribution in [0.1, 0.15) is 36.2 Å².